The van der Waals surface area contributed by atoms with E-state index in [1.165, 1.54) is 5.56 Å². The summed E-state index contributed by atoms with van der Waals surface area (Å²) in [5, 5.41) is 3.36. The molecule has 0 saturated heterocycles. The van der Waals surface area contributed by atoms with Gasteiger partial charge in [0.15, 0.2) is 11.5 Å². The Kier molecular flexibility index (Phi) is 5.47. The van der Waals surface area contributed by atoms with Crippen molar-refractivity contribution in [2.75, 3.05) is 26.6 Å². The molecular formula is C17H22N2O3. The molecule has 118 valence electrons. The van der Waals surface area contributed by atoms with E-state index in [2.05, 4.69) is 23.3 Å². The maximum absolute atomic E-state index is 5.37. The molecule has 1 aromatic carbocycles. The first-order valence-corrected chi connectivity index (χ1v) is 7.20. The quantitative estimate of drug-likeness (QED) is 0.850. The summed E-state index contributed by atoms with van der Waals surface area (Å²) in [6.07, 6.45) is 2.72. The molecule has 1 heterocycles. The lowest BCUT2D eigenvalue weighted by Gasteiger charge is -2.15. The Hall–Kier alpha value is -2.43. The van der Waals surface area contributed by atoms with E-state index in [4.69, 9.17) is 14.2 Å². The Labute approximate surface area is 131 Å². The number of nitrogens with zero attached hydrogens (tertiary/aromatic N) is 1. The fourth-order valence-electron chi connectivity index (χ4n) is 2.31. The van der Waals surface area contributed by atoms with Crippen LogP contribution in [0.4, 0.5) is 5.82 Å². The van der Waals surface area contributed by atoms with Crippen LogP contribution in [0.5, 0.6) is 17.2 Å². The first kappa shape index (κ1) is 15.9. The van der Waals surface area contributed by atoms with Gasteiger partial charge in [-0.3, -0.25) is 0 Å². The van der Waals surface area contributed by atoms with E-state index < -0.39 is 0 Å². The SMILES string of the molecule is CCc1cccnc1NCc1cc(OC)c(OC)c(OC)c1. The third-order valence-electron chi connectivity index (χ3n) is 3.46. The molecule has 0 aliphatic carbocycles. The second-order valence-corrected chi connectivity index (χ2v) is 4.75. The number of hydrogen-bond acceptors (Lipinski definition) is 5. The highest BCUT2D eigenvalue weighted by Gasteiger charge is 2.13. The molecular weight excluding hydrogens is 280 g/mol. The van der Waals surface area contributed by atoms with Gasteiger partial charge < -0.3 is 19.5 Å². The van der Waals surface area contributed by atoms with Crippen molar-refractivity contribution in [2.45, 2.75) is 19.9 Å². The Balaban J connectivity index is 2.22. The van der Waals surface area contributed by atoms with E-state index in [0.29, 0.717) is 23.8 Å². The van der Waals surface area contributed by atoms with E-state index in [-0.39, 0.29) is 0 Å². The molecule has 5 nitrogen and oxygen atoms in total. The standard InChI is InChI=1S/C17H22N2O3/c1-5-13-7-6-8-18-17(13)19-11-12-9-14(20-2)16(22-4)15(10-12)21-3/h6-10H,5,11H2,1-4H3,(H,18,19). The normalized spacial score (nSPS) is 10.2. The van der Waals surface area contributed by atoms with Crippen LogP contribution in [0, 0.1) is 0 Å². The lowest BCUT2D eigenvalue weighted by molar-refractivity contribution is 0.324. The van der Waals surface area contributed by atoms with E-state index >= 15 is 0 Å². The fraction of sp³-hybridized carbons (Fsp3) is 0.353. The van der Waals surface area contributed by atoms with Crippen molar-refractivity contribution in [3.63, 3.8) is 0 Å². The summed E-state index contributed by atoms with van der Waals surface area (Å²) in [7, 11) is 4.82. The number of aromatic nitrogens is 1. The van der Waals surface area contributed by atoms with Gasteiger partial charge in [0.25, 0.3) is 0 Å². The van der Waals surface area contributed by atoms with Gasteiger partial charge in [0.1, 0.15) is 5.82 Å². The molecule has 0 aliphatic rings. The lowest BCUT2D eigenvalue weighted by atomic mass is 10.1. The van der Waals surface area contributed by atoms with Gasteiger partial charge in [-0.2, -0.15) is 0 Å². The summed E-state index contributed by atoms with van der Waals surface area (Å²) in [6, 6.07) is 7.89. The Morgan fingerprint density at radius 2 is 1.73 bits per heavy atom. The molecule has 22 heavy (non-hydrogen) atoms. The highest BCUT2D eigenvalue weighted by atomic mass is 16.5. The number of aryl methyl sites for hydroxylation is 1. The van der Waals surface area contributed by atoms with Crippen LogP contribution < -0.4 is 19.5 Å². The summed E-state index contributed by atoms with van der Waals surface area (Å²) in [4.78, 5) is 4.39. The van der Waals surface area contributed by atoms with E-state index in [1.807, 2.05) is 18.2 Å². The second-order valence-electron chi connectivity index (χ2n) is 4.75. The number of pyridine rings is 1. The first-order chi connectivity index (χ1) is 10.7. The maximum Gasteiger partial charge on any atom is 0.203 e. The number of ether oxygens (including phenoxy) is 3. The van der Waals surface area contributed by atoms with Gasteiger partial charge in [0, 0.05) is 12.7 Å². The van der Waals surface area contributed by atoms with Gasteiger partial charge in [-0.15, -0.1) is 0 Å². The monoisotopic (exact) mass is 302 g/mol. The van der Waals surface area contributed by atoms with Gasteiger partial charge in [-0.05, 0) is 35.7 Å². The van der Waals surface area contributed by atoms with Gasteiger partial charge in [-0.25, -0.2) is 4.98 Å². The van der Waals surface area contributed by atoms with Gasteiger partial charge >= 0.3 is 0 Å². The number of benzene rings is 1. The minimum Gasteiger partial charge on any atom is -0.493 e. The molecule has 2 rings (SSSR count). The zero-order valence-corrected chi connectivity index (χ0v) is 13.5. The molecule has 0 saturated carbocycles. The number of hydrogen-bond donors (Lipinski definition) is 1. The molecule has 0 fully saturated rings. The number of anilines is 1. The van der Waals surface area contributed by atoms with E-state index in [9.17, 15) is 0 Å². The largest absolute Gasteiger partial charge is 0.493 e. The molecule has 2 aromatic rings. The highest BCUT2D eigenvalue weighted by molar-refractivity contribution is 5.54. The summed E-state index contributed by atoms with van der Waals surface area (Å²) < 4.78 is 16.1. The van der Waals surface area contributed by atoms with Crippen LogP contribution in [-0.4, -0.2) is 26.3 Å². The third-order valence-corrected chi connectivity index (χ3v) is 3.46. The van der Waals surface area contributed by atoms with Crippen molar-refractivity contribution in [2.24, 2.45) is 0 Å². The predicted octanol–water partition coefficient (Wildman–Crippen LogP) is 3.28. The highest BCUT2D eigenvalue weighted by Crippen LogP contribution is 2.38. The molecule has 0 aliphatic heterocycles. The fourth-order valence-corrected chi connectivity index (χ4v) is 2.31. The van der Waals surface area contributed by atoms with Gasteiger partial charge in [-0.1, -0.05) is 13.0 Å². The topological polar surface area (TPSA) is 52.6 Å². The van der Waals surface area contributed by atoms with Crippen molar-refractivity contribution in [1.82, 2.24) is 4.98 Å². The van der Waals surface area contributed by atoms with Crippen LogP contribution in [-0.2, 0) is 13.0 Å². The average molecular weight is 302 g/mol. The van der Waals surface area contributed by atoms with E-state index in [0.717, 1.165) is 17.8 Å². The van der Waals surface area contributed by atoms with Crippen LogP contribution in [0.3, 0.4) is 0 Å². The lowest BCUT2D eigenvalue weighted by Crippen LogP contribution is -2.05. The molecule has 0 radical (unpaired) electrons. The molecule has 1 aromatic heterocycles. The summed E-state index contributed by atoms with van der Waals surface area (Å²) in [5.41, 5.74) is 2.22. The van der Waals surface area contributed by atoms with Crippen LogP contribution in [0.25, 0.3) is 0 Å². The average Bonchev–Trinajstić information content (AvgIpc) is 2.58. The summed E-state index contributed by atoms with van der Waals surface area (Å²) in [5.74, 6) is 2.80. The predicted molar refractivity (Wildman–Crippen MR) is 87.0 cm³/mol. The second kappa shape index (κ2) is 7.54. The van der Waals surface area contributed by atoms with Gasteiger partial charge in [0.2, 0.25) is 5.75 Å². The first-order valence-electron chi connectivity index (χ1n) is 7.20. The third kappa shape index (κ3) is 3.42. The van der Waals surface area contributed by atoms with Crippen molar-refractivity contribution in [1.29, 1.82) is 0 Å². The summed E-state index contributed by atoms with van der Waals surface area (Å²) in [6.45, 7) is 2.74. The van der Waals surface area contributed by atoms with Crippen molar-refractivity contribution in [3.05, 3.63) is 41.6 Å². The zero-order chi connectivity index (χ0) is 15.9. The number of methoxy groups -OCH3 is 3. The van der Waals surface area contributed by atoms with Crippen LogP contribution in [0.1, 0.15) is 18.1 Å². The van der Waals surface area contributed by atoms with E-state index in [1.54, 1.807) is 27.5 Å². The minimum atomic E-state index is 0.598. The summed E-state index contributed by atoms with van der Waals surface area (Å²) >= 11 is 0. The number of rotatable bonds is 7. The molecule has 0 amide bonds. The van der Waals surface area contributed by atoms with Crippen molar-refractivity contribution < 1.29 is 14.2 Å². The number of nitrogens with one attached hydrogen (secondary N) is 1. The zero-order valence-electron chi connectivity index (χ0n) is 13.5. The molecule has 0 bridgehead atoms. The van der Waals surface area contributed by atoms with Gasteiger partial charge in [0.05, 0.1) is 21.3 Å². The Morgan fingerprint density at radius 1 is 1.05 bits per heavy atom. The smallest absolute Gasteiger partial charge is 0.203 e. The van der Waals surface area contributed by atoms with Crippen molar-refractivity contribution in [3.8, 4) is 17.2 Å². The van der Waals surface area contributed by atoms with Crippen LogP contribution >= 0.6 is 0 Å². The Bertz CT molecular complexity index is 604. The minimum absolute atomic E-state index is 0.598. The molecule has 5 heteroatoms. The molecule has 0 spiro atoms. The Morgan fingerprint density at radius 3 is 2.27 bits per heavy atom. The van der Waals surface area contributed by atoms with Crippen LogP contribution in [0.15, 0.2) is 30.5 Å². The van der Waals surface area contributed by atoms with Crippen LogP contribution in [0.2, 0.25) is 0 Å². The molecule has 0 atom stereocenters. The maximum atomic E-state index is 5.37. The molecule has 1 N–H and O–H groups in total. The van der Waals surface area contributed by atoms with Crippen molar-refractivity contribution >= 4 is 5.82 Å². The molecule has 0 unspecified atom stereocenters.